The highest BCUT2D eigenvalue weighted by Crippen LogP contribution is 2.40. The van der Waals surface area contributed by atoms with Crippen LogP contribution in [-0.4, -0.2) is 26.3 Å². The molecule has 0 spiro atoms. The monoisotopic (exact) mass is 347 g/mol. The molecule has 5 nitrogen and oxygen atoms in total. The zero-order chi connectivity index (χ0) is 18.2. The van der Waals surface area contributed by atoms with Crippen molar-refractivity contribution in [2.24, 2.45) is 0 Å². The van der Waals surface area contributed by atoms with E-state index in [1.807, 2.05) is 38.1 Å². The topological polar surface area (TPSA) is 55.2 Å². The van der Waals surface area contributed by atoms with Gasteiger partial charge in [0, 0.05) is 18.8 Å². The maximum absolute atomic E-state index is 13.0. The van der Waals surface area contributed by atoms with Crippen LogP contribution in [0, 0.1) is 6.92 Å². The summed E-state index contributed by atoms with van der Waals surface area (Å²) < 4.78 is 26.6. The van der Waals surface area contributed by atoms with Crippen LogP contribution in [0.3, 0.4) is 0 Å². The lowest BCUT2D eigenvalue weighted by atomic mass is 9.76. The Bertz CT molecular complexity index is 801. The largest absolute Gasteiger partial charge is 0.319 e. The molecule has 0 unspecified atom stereocenters. The van der Waals surface area contributed by atoms with Gasteiger partial charge in [-0.15, -0.1) is 0 Å². The number of amides is 2. The Labute approximate surface area is 144 Å². The molecule has 1 fully saturated rings. The van der Waals surface area contributed by atoms with E-state index in [-0.39, 0.29) is 30.6 Å². The summed E-state index contributed by atoms with van der Waals surface area (Å²) in [6.45, 7) is 0.788. The summed E-state index contributed by atoms with van der Waals surface area (Å²) in [6, 6.07) is 7.51. The molecule has 7 heteroatoms. The number of alkyl halides is 2. The van der Waals surface area contributed by atoms with Crippen LogP contribution in [-0.2, 0) is 21.5 Å². The predicted octanol–water partition coefficient (Wildman–Crippen LogP) is 3.19. The Morgan fingerprint density at radius 3 is 2.52 bits per heavy atom. The van der Waals surface area contributed by atoms with Crippen molar-refractivity contribution in [3.8, 4) is 0 Å². The number of rotatable bonds is 5. The van der Waals surface area contributed by atoms with Gasteiger partial charge in [0.2, 0.25) is 11.8 Å². The van der Waals surface area contributed by atoms with Crippen molar-refractivity contribution in [3.63, 3.8) is 0 Å². The third-order valence-electron chi connectivity index (χ3n) is 4.87. The number of aryl methyl sites for hydroxylation is 1. The molecule has 3 rings (SSSR count). The molecule has 1 aliphatic heterocycles. The number of hydrogen-bond donors (Lipinski definition) is 0. The zero-order valence-corrected chi connectivity index (χ0v) is 14.1. The summed E-state index contributed by atoms with van der Waals surface area (Å²) in [6.07, 6.45) is 2.87. The molecule has 2 aromatic rings. The van der Waals surface area contributed by atoms with Gasteiger partial charge in [-0.25, -0.2) is 4.98 Å². The number of imide groups is 1. The number of aromatic nitrogens is 2. The lowest BCUT2D eigenvalue weighted by molar-refractivity contribution is -0.141. The summed E-state index contributed by atoms with van der Waals surface area (Å²) in [5, 5.41) is 0. The van der Waals surface area contributed by atoms with Gasteiger partial charge in [-0.3, -0.25) is 19.1 Å². The van der Waals surface area contributed by atoms with Gasteiger partial charge in [0.15, 0.2) is 0 Å². The van der Waals surface area contributed by atoms with Crippen LogP contribution in [0.2, 0.25) is 0 Å². The van der Waals surface area contributed by atoms with E-state index in [0.717, 1.165) is 22.2 Å². The molecule has 0 radical (unpaired) electrons. The van der Waals surface area contributed by atoms with Crippen molar-refractivity contribution >= 4 is 11.8 Å². The van der Waals surface area contributed by atoms with Gasteiger partial charge in [-0.1, -0.05) is 36.8 Å². The first-order chi connectivity index (χ1) is 11.9. The van der Waals surface area contributed by atoms with E-state index in [1.54, 1.807) is 0 Å². The molecular formula is C18H19F2N3O2. The lowest BCUT2D eigenvalue weighted by Crippen LogP contribution is -2.38. The summed E-state index contributed by atoms with van der Waals surface area (Å²) in [7, 11) is 0. The Morgan fingerprint density at radius 1 is 1.24 bits per heavy atom. The molecule has 2 heterocycles. The number of benzene rings is 1. The first-order valence-corrected chi connectivity index (χ1v) is 8.11. The number of hydrogen-bond acceptors (Lipinski definition) is 3. The molecular weight excluding hydrogens is 328 g/mol. The minimum Gasteiger partial charge on any atom is -0.276 e. The number of imidazole rings is 1. The summed E-state index contributed by atoms with van der Waals surface area (Å²) in [5.74, 6) is -0.726. The van der Waals surface area contributed by atoms with E-state index in [2.05, 4.69) is 4.98 Å². The van der Waals surface area contributed by atoms with Crippen LogP contribution in [0.1, 0.15) is 43.3 Å². The van der Waals surface area contributed by atoms with Crippen LogP contribution in [0.25, 0.3) is 0 Å². The standard InChI is InChI=1S/C18H19F2N3O2/c1-3-18(13-6-4-12(2)5-7-13)10-15(24)23(16(18)25)11-14-21-8-9-22(14)17(19)20/h4-9,17H,3,10-11H2,1-2H3/t18-/m0/s1. The first-order valence-electron chi connectivity index (χ1n) is 8.11. The van der Waals surface area contributed by atoms with Gasteiger partial charge in [-0.05, 0) is 18.9 Å². The molecule has 2 amide bonds. The fraction of sp³-hybridized carbons (Fsp3) is 0.389. The van der Waals surface area contributed by atoms with Crippen LogP contribution >= 0.6 is 0 Å². The zero-order valence-electron chi connectivity index (χ0n) is 14.1. The summed E-state index contributed by atoms with van der Waals surface area (Å²) in [4.78, 5) is 30.4. The molecule has 0 saturated carbocycles. The smallest absolute Gasteiger partial charge is 0.276 e. The van der Waals surface area contributed by atoms with Crippen LogP contribution in [0.15, 0.2) is 36.7 Å². The van der Waals surface area contributed by atoms with Gasteiger partial charge in [0.1, 0.15) is 5.82 Å². The number of nitrogens with zero attached hydrogens (tertiary/aromatic N) is 3. The van der Waals surface area contributed by atoms with Gasteiger partial charge in [0.05, 0.1) is 12.0 Å². The maximum atomic E-state index is 13.0. The second-order valence-electron chi connectivity index (χ2n) is 6.29. The Morgan fingerprint density at radius 2 is 1.92 bits per heavy atom. The number of carbonyl (C=O) groups excluding carboxylic acids is 2. The molecule has 1 atom stereocenters. The second kappa shape index (κ2) is 6.38. The third-order valence-corrected chi connectivity index (χ3v) is 4.87. The van der Waals surface area contributed by atoms with E-state index in [4.69, 9.17) is 0 Å². The van der Waals surface area contributed by atoms with Gasteiger partial charge in [0.25, 0.3) is 0 Å². The molecule has 25 heavy (non-hydrogen) atoms. The van der Waals surface area contributed by atoms with E-state index in [0.29, 0.717) is 11.0 Å². The summed E-state index contributed by atoms with van der Waals surface area (Å²) >= 11 is 0. The predicted molar refractivity (Wildman–Crippen MR) is 86.8 cm³/mol. The summed E-state index contributed by atoms with van der Waals surface area (Å²) in [5.41, 5.74) is 0.897. The fourth-order valence-electron chi connectivity index (χ4n) is 3.32. The quantitative estimate of drug-likeness (QED) is 0.781. The molecule has 1 aromatic carbocycles. The average molecular weight is 347 g/mol. The highest BCUT2D eigenvalue weighted by molar-refractivity contribution is 6.08. The number of halogens is 2. The van der Waals surface area contributed by atoms with Crippen molar-refractivity contribution in [1.29, 1.82) is 0 Å². The van der Waals surface area contributed by atoms with E-state index < -0.39 is 12.0 Å². The maximum Gasteiger partial charge on any atom is 0.319 e. The van der Waals surface area contributed by atoms with Gasteiger partial charge < -0.3 is 0 Å². The molecule has 132 valence electrons. The Balaban J connectivity index is 1.93. The molecule has 1 aromatic heterocycles. The van der Waals surface area contributed by atoms with E-state index in [9.17, 15) is 18.4 Å². The number of carbonyl (C=O) groups is 2. The lowest BCUT2D eigenvalue weighted by Gasteiger charge is -2.26. The Kier molecular flexibility index (Phi) is 4.41. The highest BCUT2D eigenvalue weighted by Gasteiger charge is 2.51. The minimum atomic E-state index is -2.77. The average Bonchev–Trinajstić information content (AvgIpc) is 3.14. The van der Waals surface area contributed by atoms with Gasteiger partial charge >= 0.3 is 6.55 Å². The molecule has 0 aliphatic carbocycles. The van der Waals surface area contributed by atoms with Crippen molar-refractivity contribution < 1.29 is 18.4 Å². The van der Waals surface area contributed by atoms with E-state index in [1.165, 1.54) is 6.20 Å². The minimum absolute atomic E-state index is 0.00694. The van der Waals surface area contributed by atoms with Crippen molar-refractivity contribution in [3.05, 3.63) is 53.6 Å². The van der Waals surface area contributed by atoms with Gasteiger partial charge in [-0.2, -0.15) is 8.78 Å². The van der Waals surface area contributed by atoms with Crippen LogP contribution < -0.4 is 0 Å². The van der Waals surface area contributed by atoms with Crippen molar-refractivity contribution in [2.75, 3.05) is 0 Å². The molecule has 0 N–H and O–H groups in total. The SMILES string of the molecule is CC[C@@]1(c2ccc(C)cc2)CC(=O)N(Cc2nccn2C(F)F)C1=O. The highest BCUT2D eigenvalue weighted by atomic mass is 19.3. The first kappa shape index (κ1) is 17.3. The van der Waals surface area contributed by atoms with Crippen molar-refractivity contribution in [1.82, 2.24) is 14.5 Å². The molecule has 1 aliphatic rings. The van der Waals surface area contributed by atoms with Crippen molar-refractivity contribution in [2.45, 2.75) is 45.2 Å². The normalized spacial score (nSPS) is 20.8. The fourth-order valence-corrected chi connectivity index (χ4v) is 3.32. The third kappa shape index (κ3) is 2.83. The Hall–Kier alpha value is -2.57. The molecule has 0 bridgehead atoms. The van der Waals surface area contributed by atoms with Crippen LogP contribution in [0.4, 0.5) is 8.78 Å². The molecule has 1 saturated heterocycles. The van der Waals surface area contributed by atoms with Crippen LogP contribution in [0.5, 0.6) is 0 Å². The number of likely N-dealkylation sites (tertiary alicyclic amines) is 1. The second-order valence-corrected chi connectivity index (χ2v) is 6.29. The van der Waals surface area contributed by atoms with E-state index >= 15 is 0 Å².